The Bertz CT molecular complexity index is 1410. The molecule has 190 valence electrons. The molecule has 37 heavy (non-hydrogen) atoms. The minimum Gasteiger partial charge on any atom is -0.378 e. The van der Waals surface area contributed by atoms with Crippen molar-refractivity contribution in [2.24, 2.45) is 0 Å². The van der Waals surface area contributed by atoms with Gasteiger partial charge >= 0.3 is 0 Å². The molecule has 4 amide bonds. The Morgan fingerprint density at radius 1 is 1.03 bits per heavy atom. The first-order valence-electron chi connectivity index (χ1n) is 11.6. The molecule has 2 aliphatic rings. The molecule has 2 aromatic carbocycles. The number of ether oxygens (including phenoxy) is 1. The minimum atomic E-state index is -0.539. The summed E-state index contributed by atoms with van der Waals surface area (Å²) in [4.78, 5) is 53.8. The molecule has 0 aliphatic carbocycles. The number of carbonyl (C=O) groups is 4. The summed E-state index contributed by atoms with van der Waals surface area (Å²) in [6, 6.07) is 14.1. The van der Waals surface area contributed by atoms with E-state index in [9.17, 15) is 19.2 Å². The maximum atomic E-state index is 13.0. The van der Waals surface area contributed by atoms with E-state index in [-0.39, 0.29) is 17.4 Å². The fourth-order valence-electron chi connectivity index (χ4n) is 4.23. The smallest absolute Gasteiger partial charge is 0.294 e. The highest BCUT2D eigenvalue weighted by Crippen LogP contribution is 2.34. The number of aromatic nitrogens is 1. The number of hydrogen-bond donors (Lipinski definition) is 1. The molecule has 0 atom stereocenters. The lowest BCUT2D eigenvalue weighted by molar-refractivity contribution is -0.135. The molecule has 2 aliphatic heterocycles. The van der Waals surface area contributed by atoms with Crippen molar-refractivity contribution in [1.82, 2.24) is 14.4 Å². The second-order valence-electron chi connectivity index (χ2n) is 8.55. The van der Waals surface area contributed by atoms with Gasteiger partial charge in [0, 0.05) is 46.5 Å². The number of para-hydroxylation sites is 1. The SMILES string of the molecule is O=C(CN1C(=O)S/C(=C\c2cn(CC(=O)N3CCOCC3)c3ccccc23)C1=O)Nc1ccc(Cl)cc1. The van der Waals surface area contributed by atoms with Crippen LogP contribution in [0.4, 0.5) is 10.5 Å². The molecule has 5 rings (SSSR count). The number of anilines is 1. The maximum absolute atomic E-state index is 13.0. The lowest BCUT2D eigenvalue weighted by Gasteiger charge is -2.27. The number of nitrogens with zero attached hydrogens (tertiary/aromatic N) is 3. The molecule has 1 aromatic heterocycles. The predicted octanol–water partition coefficient (Wildman–Crippen LogP) is 3.83. The Labute approximate surface area is 222 Å². The standard InChI is InChI=1S/C26H23ClN4O5S/c27-18-5-7-19(8-6-18)28-23(32)15-31-25(34)22(37-26(31)35)13-17-14-30(21-4-2-1-3-20(17)21)16-24(33)29-9-11-36-12-10-29/h1-8,13-14H,9-12,15-16H2,(H,28,32)/b22-13-. The topological polar surface area (TPSA) is 101 Å². The molecule has 3 aromatic rings. The molecule has 0 bridgehead atoms. The van der Waals surface area contributed by atoms with Gasteiger partial charge < -0.3 is 19.5 Å². The molecule has 0 unspecified atom stereocenters. The van der Waals surface area contributed by atoms with Gasteiger partial charge in [-0.3, -0.25) is 24.1 Å². The van der Waals surface area contributed by atoms with Crippen LogP contribution in [0.5, 0.6) is 0 Å². The van der Waals surface area contributed by atoms with Gasteiger partial charge in [0.05, 0.1) is 18.1 Å². The third kappa shape index (κ3) is 5.56. The monoisotopic (exact) mass is 538 g/mol. The quantitative estimate of drug-likeness (QED) is 0.479. The van der Waals surface area contributed by atoms with Crippen molar-refractivity contribution < 1.29 is 23.9 Å². The van der Waals surface area contributed by atoms with Gasteiger partial charge in [0.15, 0.2) is 0 Å². The molecule has 0 saturated carbocycles. The van der Waals surface area contributed by atoms with Crippen LogP contribution < -0.4 is 5.32 Å². The number of rotatable bonds is 6. The van der Waals surface area contributed by atoms with Crippen LogP contribution >= 0.6 is 23.4 Å². The summed E-state index contributed by atoms with van der Waals surface area (Å²) in [6.07, 6.45) is 3.45. The molecule has 0 spiro atoms. The van der Waals surface area contributed by atoms with E-state index in [0.29, 0.717) is 42.6 Å². The Kier molecular flexibility index (Phi) is 7.31. The number of morpholine rings is 1. The van der Waals surface area contributed by atoms with Crippen molar-refractivity contribution >= 4 is 69.0 Å². The van der Waals surface area contributed by atoms with Crippen molar-refractivity contribution in [3.63, 3.8) is 0 Å². The number of nitrogens with one attached hydrogen (secondary N) is 1. The second-order valence-corrected chi connectivity index (χ2v) is 9.98. The van der Waals surface area contributed by atoms with E-state index < -0.39 is 23.6 Å². The lowest BCUT2D eigenvalue weighted by Crippen LogP contribution is -2.42. The van der Waals surface area contributed by atoms with E-state index in [1.165, 1.54) is 0 Å². The summed E-state index contributed by atoms with van der Waals surface area (Å²) >= 11 is 6.64. The third-order valence-electron chi connectivity index (χ3n) is 6.08. The second kappa shape index (κ2) is 10.8. The van der Waals surface area contributed by atoms with Gasteiger partial charge in [0.25, 0.3) is 11.1 Å². The number of amides is 4. The van der Waals surface area contributed by atoms with Gasteiger partial charge in [-0.1, -0.05) is 29.8 Å². The van der Waals surface area contributed by atoms with Crippen LogP contribution in [0.1, 0.15) is 5.56 Å². The third-order valence-corrected chi connectivity index (χ3v) is 7.24. The fourth-order valence-corrected chi connectivity index (χ4v) is 5.19. The molecular weight excluding hydrogens is 516 g/mol. The number of thioether (sulfide) groups is 1. The summed E-state index contributed by atoms with van der Waals surface area (Å²) in [6.45, 7) is 1.92. The lowest BCUT2D eigenvalue weighted by atomic mass is 10.1. The summed E-state index contributed by atoms with van der Waals surface area (Å²) in [5.41, 5.74) is 2.06. The molecule has 0 radical (unpaired) electrons. The molecule has 11 heteroatoms. The molecule has 2 fully saturated rings. The van der Waals surface area contributed by atoms with Crippen LogP contribution in [0.3, 0.4) is 0 Å². The van der Waals surface area contributed by atoms with Crippen molar-refractivity contribution in [2.75, 3.05) is 38.2 Å². The number of carbonyl (C=O) groups excluding carboxylic acids is 4. The molecular formula is C26H23ClN4O5S. The van der Waals surface area contributed by atoms with E-state index in [1.807, 2.05) is 35.0 Å². The number of imide groups is 1. The Morgan fingerprint density at radius 3 is 2.51 bits per heavy atom. The van der Waals surface area contributed by atoms with Crippen molar-refractivity contribution in [3.05, 3.63) is 70.2 Å². The summed E-state index contributed by atoms with van der Waals surface area (Å²) in [5, 5.41) is 3.52. The zero-order valence-electron chi connectivity index (χ0n) is 19.7. The maximum Gasteiger partial charge on any atom is 0.294 e. The fraction of sp³-hybridized carbons (Fsp3) is 0.231. The van der Waals surface area contributed by atoms with Crippen molar-refractivity contribution in [3.8, 4) is 0 Å². The summed E-state index contributed by atoms with van der Waals surface area (Å²) < 4.78 is 7.18. The average Bonchev–Trinajstić information content (AvgIpc) is 3.37. The van der Waals surface area contributed by atoms with Gasteiger partial charge in [-0.05, 0) is 48.2 Å². The van der Waals surface area contributed by atoms with Crippen LogP contribution in [0.2, 0.25) is 5.02 Å². The zero-order chi connectivity index (χ0) is 25.9. The van der Waals surface area contributed by atoms with Crippen LogP contribution in [-0.2, 0) is 25.7 Å². The van der Waals surface area contributed by atoms with Crippen molar-refractivity contribution in [2.45, 2.75) is 6.54 Å². The van der Waals surface area contributed by atoms with Crippen LogP contribution in [0.25, 0.3) is 17.0 Å². The summed E-state index contributed by atoms with van der Waals surface area (Å²) in [5.74, 6) is -1.05. The van der Waals surface area contributed by atoms with E-state index >= 15 is 0 Å². The highest BCUT2D eigenvalue weighted by atomic mass is 35.5. The molecule has 9 nitrogen and oxygen atoms in total. The first-order chi connectivity index (χ1) is 17.9. The molecule has 3 heterocycles. The van der Waals surface area contributed by atoms with Gasteiger partial charge in [0.2, 0.25) is 11.8 Å². The zero-order valence-corrected chi connectivity index (χ0v) is 21.3. The van der Waals surface area contributed by atoms with E-state index in [1.54, 1.807) is 35.2 Å². The number of halogens is 1. The largest absolute Gasteiger partial charge is 0.378 e. The highest BCUT2D eigenvalue weighted by Gasteiger charge is 2.36. The first-order valence-corrected chi connectivity index (χ1v) is 12.8. The van der Waals surface area contributed by atoms with Crippen LogP contribution in [0, 0.1) is 0 Å². The van der Waals surface area contributed by atoms with Gasteiger partial charge in [-0.2, -0.15) is 0 Å². The van der Waals surface area contributed by atoms with E-state index in [2.05, 4.69) is 5.32 Å². The van der Waals surface area contributed by atoms with Gasteiger partial charge in [-0.25, -0.2) is 0 Å². The number of fused-ring (bicyclic) bond motifs is 1. The first kappa shape index (κ1) is 25.1. The Hall–Kier alpha value is -3.60. The average molecular weight is 539 g/mol. The molecule has 1 N–H and O–H groups in total. The predicted molar refractivity (Wildman–Crippen MR) is 142 cm³/mol. The van der Waals surface area contributed by atoms with Crippen LogP contribution in [0.15, 0.2) is 59.6 Å². The number of benzene rings is 2. The Morgan fingerprint density at radius 2 is 1.76 bits per heavy atom. The van der Waals surface area contributed by atoms with Crippen LogP contribution in [-0.4, -0.2) is 70.2 Å². The normalized spacial score (nSPS) is 17.2. The Balaban J connectivity index is 1.33. The van der Waals surface area contributed by atoms with Crippen molar-refractivity contribution in [1.29, 1.82) is 0 Å². The van der Waals surface area contributed by atoms with E-state index in [0.717, 1.165) is 27.6 Å². The minimum absolute atomic E-state index is 0.0115. The van der Waals surface area contributed by atoms with Gasteiger partial charge in [-0.15, -0.1) is 0 Å². The van der Waals surface area contributed by atoms with E-state index in [4.69, 9.17) is 16.3 Å². The summed E-state index contributed by atoms with van der Waals surface area (Å²) in [7, 11) is 0. The number of hydrogen-bond acceptors (Lipinski definition) is 6. The van der Waals surface area contributed by atoms with Gasteiger partial charge in [0.1, 0.15) is 13.1 Å². The molecule has 2 saturated heterocycles. The highest BCUT2D eigenvalue weighted by molar-refractivity contribution is 8.18.